The molecule has 0 radical (unpaired) electrons. The third-order valence-corrected chi connectivity index (χ3v) is 5.59. The number of hydrogen-bond acceptors (Lipinski definition) is 3. The molecule has 0 unspecified atom stereocenters. The van der Waals surface area contributed by atoms with Gasteiger partial charge < -0.3 is 14.6 Å². The number of hydrogen-bond donors (Lipinski definition) is 1. The largest absolute Gasteiger partial charge is 0.467 e. The van der Waals surface area contributed by atoms with Crippen LogP contribution >= 0.6 is 23.8 Å². The molecule has 0 aliphatic heterocycles. The number of benzene rings is 1. The van der Waals surface area contributed by atoms with Gasteiger partial charge in [-0.05, 0) is 49.7 Å². The van der Waals surface area contributed by atoms with Crippen molar-refractivity contribution in [2.45, 2.75) is 37.8 Å². The highest BCUT2D eigenvalue weighted by Crippen LogP contribution is 2.42. The summed E-state index contributed by atoms with van der Waals surface area (Å²) in [6.07, 6.45) is 4.73. The Labute approximate surface area is 158 Å². The Morgan fingerprint density at radius 2 is 2.12 bits per heavy atom. The number of halogens is 1. The predicted octanol–water partition coefficient (Wildman–Crippen LogP) is 4.28. The molecule has 1 aliphatic rings. The SMILES string of the molecule is CN(C(=S)NCc1ccco1)[C@@]1(c2ccccc2Cl)CCCCC1=O. The van der Waals surface area contributed by atoms with Crippen molar-refractivity contribution in [2.24, 2.45) is 0 Å². The number of carbonyl (C=O) groups is 1. The topological polar surface area (TPSA) is 45.5 Å². The number of ketones is 1. The minimum Gasteiger partial charge on any atom is -0.467 e. The third kappa shape index (κ3) is 3.44. The second-order valence-corrected chi connectivity index (χ2v) is 7.06. The molecule has 25 heavy (non-hydrogen) atoms. The van der Waals surface area contributed by atoms with E-state index in [2.05, 4.69) is 5.32 Å². The summed E-state index contributed by atoms with van der Waals surface area (Å²) in [5.41, 5.74) is 0.00938. The van der Waals surface area contributed by atoms with Gasteiger partial charge in [-0.2, -0.15) is 0 Å². The van der Waals surface area contributed by atoms with Crippen LogP contribution in [0.4, 0.5) is 0 Å². The number of furan rings is 1. The first kappa shape index (κ1) is 18.0. The maximum atomic E-state index is 13.0. The van der Waals surface area contributed by atoms with Gasteiger partial charge in [-0.15, -0.1) is 0 Å². The lowest BCUT2D eigenvalue weighted by Gasteiger charge is -2.45. The summed E-state index contributed by atoms with van der Waals surface area (Å²) in [5, 5.41) is 4.29. The van der Waals surface area contributed by atoms with Crippen molar-refractivity contribution in [1.82, 2.24) is 10.2 Å². The van der Waals surface area contributed by atoms with E-state index in [4.69, 9.17) is 28.2 Å². The maximum Gasteiger partial charge on any atom is 0.170 e. The molecule has 0 amide bonds. The van der Waals surface area contributed by atoms with Gasteiger partial charge in [-0.3, -0.25) is 4.79 Å². The fraction of sp³-hybridized carbons (Fsp3) is 0.368. The van der Waals surface area contributed by atoms with Crippen LogP contribution in [0.25, 0.3) is 0 Å². The Hall–Kier alpha value is -1.85. The number of rotatable bonds is 4. The zero-order valence-corrected chi connectivity index (χ0v) is 15.7. The normalized spacial score (nSPS) is 20.3. The van der Waals surface area contributed by atoms with E-state index >= 15 is 0 Å². The highest BCUT2D eigenvalue weighted by molar-refractivity contribution is 7.80. The van der Waals surface area contributed by atoms with Gasteiger partial charge in [0.1, 0.15) is 11.3 Å². The summed E-state index contributed by atoms with van der Waals surface area (Å²) in [6, 6.07) is 11.3. The second-order valence-electron chi connectivity index (χ2n) is 6.27. The van der Waals surface area contributed by atoms with Crippen LogP contribution in [0.1, 0.15) is 37.0 Å². The van der Waals surface area contributed by atoms with Crippen molar-refractivity contribution in [3.05, 3.63) is 59.0 Å². The van der Waals surface area contributed by atoms with Crippen molar-refractivity contribution < 1.29 is 9.21 Å². The molecule has 1 N–H and O–H groups in total. The van der Waals surface area contributed by atoms with Crippen LogP contribution in [0.15, 0.2) is 47.1 Å². The van der Waals surface area contributed by atoms with Gasteiger partial charge in [0.2, 0.25) is 0 Å². The summed E-state index contributed by atoms with van der Waals surface area (Å²) in [6.45, 7) is 0.475. The Bertz CT molecular complexity index is 763. The molecule has 6 heteroatoms. The molecule has 2 aromatic rings. The first-order valence-electron chi connectivity index (χ1n) is 8.38. The van der Waals surface area contributed by atoms with Gasteiger partial charge in [0.15, 0.2) is 10.9 Å². The van der Waals surface area contributed by atoms with Crippen LogP contribution in [-0.2, 0) is 16.9 Å². The first-order valence-corrected chi connectivity index (χ1v) is 9.16. The molecule has 1 saturated carbocycles. The molecular formula is C19H21ClN2O2S. The monoisotopic (exact) mass is 376 g/mol. The Morgan fingerprint density at radius 3 is 2.80 bits per heavy atom. The Balaban J connectivity index is 1.90. The number of thiocarbonyl (C=S) groups is 1. The van der Waals surface area contributed by atoms with Gasteiger partial charge >= 0.3 is 0 Å². The maximum absolute atomic E-state index is 13.0. The van der Waals surface area contributed by atoms with E-state index in [1.54, 1.807) is 6.26 Å². The molecule has 1 atom stereocenters. The average molecular weight is 377 g/mol. The minimum atomic E-state index is -0.816. The predicted molar refractivity (Wildman–Crippen MR) is 103 cm³/mol. The summed E-state index contributed by atoms with van der Waals surface area (Å²) in [5.74, 6) is 0.953. The molecule has 0 saturated heterocycles. The first-order chi connectivity index (χ1) is 12.1. The van der Waals surface area contributed by atoms with Gasteiger partial charge in [-0.25, -0.2) is 0 Å². The van der Waals surface area contributed by atoms with E-state index in [9.17, 15) is 4.79 Å². The lowest BCUT2D eigenvalue weighted by molar-refractivity contribution is -0.131. The third-order valence-electron chi connectivity index (χ3n) is 4.84. The molecule has 1 heterocycles. The quantitative estimate of drug-likeness (QED) is 0.807. The fourth-order valence-electron chi connectivity index (χ4n) is 3.50. The molecular weight excluding hydrogens is 356 g/mol. The van der Waals surface area contributed by atoms with E-state index in [0.29, 0.717) is 29.5 Å². The smallest absolute Gasteiger partial charge is 0.170 e. The zero-order chi connectivity index (χ0) is 17.9. The lowest BCUT2D eigenvalue weighted by atomic mass is 9.74. The number of nitrogens with zero attached hydrogens (tertiary/aromatic N) is 1. The molecule has 132 valence electrons. The molecule has 4 nitrogen and oxygen atoms in total. The summed E-state index contributed by atoms with van der Waals surface area (Å²) >= 11 is 12.0. The Kier molecular flexibility index (Phi) is 5.45. The van der Waals surface area contributed by atoms with Crippen LogP contribution in [0.5, 0.6) is 0 Å². The standard InChI is InChI=1S/C19H21ClN2O2S/c1-22(18(25)21-13-14-7-6-12-24-14)19(11-5-4-10-17(19)23)15-8-2-3-9-16(15)20/h2-3,6-9,12H,4-5,10-11,13H2,1H3,(H,21,25)/t19-/m1/s1. The van der Waals surface area contributed by atoms with Gasteiger partial charge in [0.05, 0.1) is 12.8 Å². The summed E-state index contributed by atoms with van der Waals surface area (Å²) in [4.78, 5) is 14.9. The molecule has 0 spiro atoms. The van der Waals surface area contributed by atoms with Crippen molar-refractivity contribution in [1.29, 1.82) is 0 Å². The van der Waals surface area contributed by atoms with Gasteiger partial charge in [-0.1, -0.05) is 29.8 Å². The molecule has 0 bridgehead atoms. The van der Waals surface area contributed by atoms with Crippen molar-refractivity contribution in [3.8, 4) is 0 Å². The molecule has 3 rings (SSSR count). The summed E-state index contributed by atoms with van der Waals surface area (Å²) < 4.78 is 5.33. The van der Waals surface area contributed by atoms with Crippen molar-refractivity contribution in [3.63, 3.8) is 0 Å². The van der Waals surface area contributed by atoms with Crippen LogP contribution in [0.2, 0.25) is 5.02 Å². The van der Waals surface area contributed by atoms with Crippen molar-refractivity contribution >= 4 is 34.7 Å². The Morgan fingerprint density at radius 1 is 1.32 bits per heavy atom. The second kappa shape index (κ2) is 7.58. The van der Waals surface area contributed by atoms with Crippen LogP contribution in [-0.4, -0.2) is 22.8 Å². The van der Waals surface area contributed by atoms with Crippen LogP contribution in [0.3, 0.4) is 0 Å². The van der Waals surface area contributed by atoms with E-state index < -0.39 is 5.54 Å². The zero-order valence-electron chi connectivity index (χ0n) is 14.1. The molecule has 1 aliphatic carbocycles. The van der Waals surface area contributed by atoms with E-state index in [1.807, 2.05) is 48.3 Å². The van der Waals surface area contributed by atoms with Gasteiger partial charge in [0.25, 0.3) is 0 Å². The summed E-state index contributed by atoms with van der Waals surface area (Å²) in [7, 11) is 1.87. The van der Waals surface area contributed by atoms with E-state index in [-0.39, 0.29) is 5.78 Å². The number of likely N-dealkylation sites (N-methyl/N-ethyl adjacent to an activating group) is 1. The average Bonchev–Trinajstić information content (AvgIpc) is 3.14. The number of nitrogens with one attached hydrogen (secondary N) is 1. The lowest BCUT2D eigenvalue weighted by Crippen LogP contribution is -2.56. The molecule has 1 fully saturated rings. The molecule has 1 aromatic heterocycles. The minimum absolute atomic E-state index is 0.163. The van der Waals surface area contributed by atoms with E-state index in [0.717, 1.165) is 24.2 Å². The van der Waals surface area contributed by atoms with Crippen LogP contribution in [0, 0.1) is 0 Å². The number of Topliss-reactive ketones (excluding diaryl/α,β-unsaturated/α-hetero) is 1. The van der Waals surface area contributed by atoms with Gasteiger partial charge in [0, 0.05) is 24.1 Å². The fourth-order valence-corrected chi connectivity index (χ4v) is 4.02. The molecule has 1 aromatic carbocycles. The number of carbonyl (C=O) groups excluding carboxylic acids is 1. The van der Waals surface area contributed by atoms with Crippen LogP contribution < -0.4 is 5.32 Å². The van der Waals surface area contributed by atoms with Crippen molar-refractivity contribution in [2.75, 3.05) is 7.05 Å². The highest BCUT2D eigenvalue weighted by Gasteiger charge is 2.47. The highest BCUT2D eigenvalue weighted by atomic mass is 35.5. The van der Waals surface area contributed by atoms with E-state index in [1.165, 1.54) is 0 Å².